The number of imide groups is 2. The lowest BCUT2D eigenvalue weighted by Crippen LogP contribution is -2.54. The minimum absolute atomic E-state index is 0.00612. The highest BCUT2D eigenvalue weighted by Crippen LogP contribution is 2.28. The van der Waals surface area contributed by atoms with E-state index in [9.17, 15) is 37.1 Å². The van der Waals surface area contributed by atoms with Gasteiger partial charge < -0.3 is 15.4 Å². The van der Waals surface area contributed by atoms with Crippen molar-refractivity contribution in [2.45, 2.75) is 31.8 Å². The average molecular weight is 490 g/mol. The highest BCUT2D eigenvalue weighted by atomic mass is 19.4. The molecule has 0 bridgehead atoms. The monoisotopic (exact) mass is 490 g/mol. The van der Waals surface area contributed by atoms with Crippen LogP contribution in [0.1, 0.15) is 39.1 Å². The first-order chi connectivity index (χ1) is 16.5. The summed E-state index contributed by atoms with van der Waals surface area (Å²) in [7, 11) is 0. The number of ether oxygens (including phenoxy) is 1. The first-order valence-electron chi connectivity index (χ1n) is 10.3. The molecule has 0 aliphatic carbocycles. The van der Waals surface area contributed by atoms with Crippen LogP contribution in [0.3, 0.4) is 0 Å². The van der Waals surface area contributed by atoms with E-state index in [1.165, 1.54) is 30.3 Å². The number of urea groups is 1. The van der Waals surface area contributed by atoms with Crippen molar-refractivity contribution in [3.05, 3.63) is 59.2 Å². The minimum atomic E-state index is -4.83. The van der Waals surface area contributed by atoms with Gasteiger partial charge in [0.2, 0.25) is 11.8 Å². The van der Waals surface area contributed by atoms with Crippen LogP contribution in [0.4, 0.5) is 23.7 Å². The second-order valence-electron chi connectivity index (χ2n) is 7.71. The summed E-state index contributed by atoms with van der Waals surface area (Å²) >= 11 is 0. The van der Waals surface area contributed by atoms with E-state index in [4.69, 9.17) is 0 Å². The highest BCUT2D eigenvalue weighted by molar-refractivity contribution is 6.23. The standard InChI is InChI=1S/C22H17F3N4O6/c23-22(24,25)35-13-4-2-12(3-5-13)27-21(34)26-10-11-1-6-14-15(9-11)20(33)29(19(14)32)16-7-8-17(30)28-18(16)31/h1-6,9,16H,7-8,10H2,(H2,26,27,34)(H,28,30,31). The number of alkyl halides is 3. The molecule has 2 aromatic carbocycles. The Kier molecular flexibility index (Phi) is 6.16. The van der Waals surface area contributed by atoms with Crippen molar-refractivity contribution in [2.75, 3.05) is 5.32 Å². The van der Waals surface area contributed by atoms with Crippen molar-refractivity contribution in [3.8, 4) is 5.75 Å². The van der Waals surface area contributed by atoms with Crippen LogP contribution in [0.15, 0.2) is 42.5 Å². The molecule has 4 rings (SSSR count). The Morgan fingerprint density at radius 3 is 2.37 bits per heavy atom. The van der Waals surface area contributed by atoms with Gasteiger partial charge >= 0.3 is 12.4 Å². The Balaban J connectivity index is 1.37. The second-order valence-corrected chi connectivity index (χ2v) is 7.71. The number of hydrogen-bond donors (Lipinski definition) is 3. The fourth-order valence-corrected chi connectivity index (χ4v) is 3.73. The predicted octanol–water partition coefficient (Wildman–Crippen LogP) is 2.31. The molecule has 2 heterocycles. The normalized spacial score (nSPS) is 17.7. The molecule has 2 aliphatic rings. The summed E-state index contributed by atoms with van der Waals surface area (Å²) in [6.07, 6.45) is -4.78. The van der Waals surface area contributed by atoms with Gasteiger partial charge in [0.25, 0.3) is 11.8 Å². The Morgan fingerprint density at radius 2 is 1.71 bits per heavy atom. The van der Waals surface area contributed by atoms with Crippen molar-refractivity contribution >= 4 is 35.3 Å². The highest BCUT2D eigenvalue weighted by Gasteiger charge is 2.44. The summed E-state index contributed by atoms with van der Waals surface area (Å²) in [6, 6.07) is 7.15. The van der Waals surface area contributed by atoms with Gasteiger partial charge in [-0.1, -0.05) is 6.07 Å². The molecule has 0 spiro atoms. The van der Waals surface area contributed by atoms with Crippen LogP contribution in [0.25, 0.3) is 0 Å². The molecule has 13 heteroatoms. The van der Waals surface area contributed by atoms with Crippen molar-refractivity contribution < 1.29 is 41.9 Å². The van der Waals surface area contributed by atoms with E-state index in [1.54, 1.807) is 0 Å². The SMILES string of the molecule is O=C1CCC(N2C(=O)c3ccc(CNC(=O)Nc4ccc(OC(F)(F)F)cc4)cc3C2=O)C(=O)N1. The molecule has 182 valence electrons. The van der Waals surface area contributed by atoms with Crippen molar-refractivity contribution in [3.63, 3.8) is 0 Å². The molecule has 2 aliphatic heterocycles. The first-order valence-corrected chi connectivity index (χ1v) is 10.3. The van der Waals surface area contributed by atoms with Crippen LogP contribution in [-0.2, 0) is 16.1 Å². The van der Waals surface area contributed by atoms with Crippen LogP contribution in [0.2, 0.25) is 0 Å². The zero-order valence-electron chi connectivity index (χ0n) is 17.8. The predicted molar refractivity (Wildman–Crippen MR) is 112 cm³/mol. The van der Waals surface area contributed by atoms with E-state index in [0.717, 1.165) is 17.0 Å². The minimum Gasteiger partial charge on any atom is -0.406 e. The lowest BCUT2D eigenvalue weighted by Gasteiger charge is -2.27. The quantitative estimate of drug-likeness (QED) is 0.551. The van der Waals surface area contributed by atoms with E-state index >= 15 is 0 Å². The molecule has 0 aromatic heterocycles. The molecule has 1 unspecified atom stereocenters. The van der Waals surface area contributed by atoms with Crippen LogP contribution in [0, 0.1) is 0 Å². The summed E-state index contributed by atoms with van der Waals surface area (Å²) in [4.78, 5) is 62.0. The number of carbonyl (C=O) groups excluding carboxylic acids is 5. The van der Waals surface area contributed by atoms with Crippen molar-refractivity contribution in [2.24, 2.45) is 0 Å². The second kappa shape index (κ2) is 9.08. The number of amides is 6. The van der Waals surface area contributed by atoms with E-state index in [1.807, 2.05) is 0 Å². The molecule has 1 saturated heterocycles. The van der Waals surface area contributed by atoms with Gasteiger partial charge in [-0.15, -0.1) is 13.2 Å². The van der Waals surface area contributed by atoms with E-state index in [-0.39, 0.29) is 36.2 Å². The summed E-state index contributed by atoms with van der Waals surface area (Å²) in [5.74, 6) is -2.94. The largest absolute Gasteiger partial charge is 0.573 e. The Bertz CT molecular complexity index is 1230. The Hall–Kier alpha value is -4.42. The number of carbonyl (C=O) groups is 5. The number of fused-ring (bicyclic) bond motifs is 1. The summed E-state index contributed by atoms with van der Waals surface area (Å²) in [5.41, 5.74) is 0.875. The molecule has 0 saturated carbocycles. The third-order valence-corrected chi connectivity index (χ3v) is 5.30. The van der Waals surface area contributed by atoms with Crippen LogP contribution >= 0.6 is 0 Å². The van der Waals surface area contributed by atoms with Crippen molar-refractivity contribution in [1.82, 2.24) is 15.5 Å². The number of rotatable bonds is 5. The van der Waals surface area contributed by atoms with Gasteiger partial charge in [-0.25, -0.2) is 4.79 Å². The topological polar surface area (TPSA) is 134 Å². The summed E-state index contributed by atoms with van der Waals surface area (Å²) in [5, 5.41) is 7.09. The zero-order valence-corrected chi connectivity index (χ0v) is 17.8. The smallest absolute Gasteiger partial charge is 0.406 e. The molecule has 6 amide bonds. The lowest BCUT2D eigenvalue weighted by molar-refractivity contribution is -0.274. The van der Waals surface area contributed by atoms with Gasteiger partial charge in [-0.05, 0) is 48.4 Å². The fourth-order valence-electron chi connectivity index (χ4n) is 3.73. The number of hydrogen-bond acceptors (Lipinski definition) is 6. The van der Waals surface area contributed by atoms with E-state index in [0.29, 0.717) is 5.56 Å². The van der Waals surface area contributed by atoms with Gasteiger partial charge in [-0.2, -0.15) is 0 Å². The fraction of sp³-hybridized carbons (Fsp3) is 0.227. The van der Waals surface area contributed by atoms with Gasteiger partial charge in [0.1, 0.15) is 11.8 Å². The van der Waals surface area contributed by atoms with Gasteiger partial charge in [0.05, 0.1) is 11.1 Å². The molecular weight excluding hydrogens is 473 g/mol. The van der Waals surface area contributed by atoms with Gasteiger partial charge in [-0.3, -0.25) is 29.4 Å². The Labute approximate surface area is 195 Å². The van der Waals surface area contributed by atoms with Gasteiger partial charge in [0.15, 0.2) is 0 Å². The molecule has 1 fully saturated rings. The zero-order chi connectivity index (χ0) is 25.3. The third kappa shape index (κ3) is 5.23. The average Bonchev–Trinajstić information content (AvgIpc) is 3.03. The molecule has 2 aromatic rings. The van der Waals surface area contributed by atoms with Crippen LogP contribution < -0.4 is 20.7 Å². The number of nitrogens with one attached hydrogen (secondary N) is 3. The Morgan fingerprint density at radius 1 is 1.03 bits per heavy atom. The van der Waals surface area contributed by atoms with Gasteiger partial charge in [0, 0.05) is 18.7 Å². The number of anilines is 1. The van der Waals surface area contributed by atoms with E-state index < -0.39 is 47.8 Å². The lowest BCUT2D eigenvalue weighted by atomic mass is 10.0. The molecule has 1 atom stereocenters. The number of piperidine rings is 1. The summed E-state index contributed by atoms with van der Waals surface area (Å²) in [6.45, 7) is -0.0335. The number of benzene rings is 2. The molecule has 3 N–H and O–H groups in total. The maximum absolute atomic E-state index is 12.8. The number of halogens is 3. The van der Waals surface area contributed by atoms with Crippen LogP contribution in [0.5, 0.6) is 5.75 Å². The van der Waals surface area contributed by atoms with E-state index in [2.05, 4.69) is 20.7 Å². The van der Waals surface area contributed by atoms with Crippen LogP contribution in [-0.4, -0.2) is 47.0 Å². The molecule has 0 radical (unpaired) electrons. The number of nitrogens with zero attached hydrogens (tertiary/aromatic N) is 1. The molecule has 10 nitrogen and oxygen atoms in total. The first kappa shape index (κ1) is 23.7. The summed E-state index contributed by atoms with van der Waals surface area (Å²) < 4.78 is 40.4. The van der Waals surface area contributed by atoms with Crippen molar-refractivity contribution in [1.29, 1.82) is 0 Å². The maximum Gasteiger partial charge on any atom is 0.573 e. The molecular formula is C22H17F3N4O6. The molecule has 35 heavy (non-hydrogen) atoms. The maximum atomic E-state index is 12.8. The third-order valence-electron chi connectivity index (χ3n) is 5.30.